The third kappa shape index (κ3) is 2.80. The Balaban J connectivity index is 1.57. The number of hydrogen-bond acceptors (Lipinski definition) is 2. The first-order valence-electron chi connectivity index (χ1n) is 13.9. The number of nitrogens with one attached hydrogen (secondary N) is 2. The van der Waals surface area contributed by atoms with Crippen molar-refractivity contribution in [2.24, 2.45) is 0 Å². The van der Waals surface area contributed by atoms with Crippen LogP contribution in [0.4, 0.5) is 0 Å². The van der Waals surface area contributed by atoms with Gasteiger partial charge in [-0.1, -0.05) is 103 Å². The molecular weight excluding hydrogens is 500 g/mol. The summed E-state index contributed by atoms with van der Waals surface area (Å²) in [6.45, 7) is 0. The highest BCUT2D eigenvalue weighted by Gasteiger charge is 2.47. The molecule has 0 saturated heterocycles. The third-order valence-electron chi connectivity index (χ3n) is 8.97. The van der Waals surface area contributed by atoms with Gasteiger partial charge in [-0.3, -0.25) is 0 Å². The molecule has 0 fully saturated rings. The number of aromatic amines is 1. The molecule has 0 radical (unpaired) electrons. The largest absolute Gasteiger partial charge is 0.455 e. The molecule has 0 atom stereocenters. The number of H-pyrrole nitrogens is 1. The van der Waals surface area contributed by atoms with Crippen LogP contribution in [-0.2, 0) is 5.41 Å². The van der Waals surface area contributed by atoms with E-state index in [4.69, 9.17) is 9.83 Å². The van der Waals surface area contributed by atoms with Gasteiger partial charge in [-0.25, -0.2) is 0 Å². The summed E-state index contributed by atoms with van der Waals surface area (Å²) in [5.41, 5.74) is 11.7. The van der Waals surface area contributed by atoms with Gasteiger partial charge in [-0.2, -0.15) is 0 Å². The first-order valence-corrected chi connectivity index (χ1v) is 13.9. The smallest absolute Gasteiger partial charge is 0.145 e. The van der Waals surface area contributed by atoms with E-state index in [0.717, 1.165) is 49.3 Å². The molecule has 2 heterocycles. The second-order valence-electron chi connectivity index (χ2n) is 10.9. The maximum Gasteiger partial charge on any atom is 0.145 e. The van der Waals surface area contributed by atoms with Crippen LogP contribution in [0.5, 0.6) is 0 Å². The van der Waals surface area contributed by atoms with Gasteiger partial charge in [0.2, 0.25) is 0 Å². The number of fused-ring (bicyclic) bond motifs is 10. The lowest BCUT2D eigenvalue weighted by molar-refractivity contribution is 0.672. The van der Waals surface area contributed by atoms with E-state index >= 15 is 0 Å². The quantitative estimate of drug-likeness (QED) is 0.222. The van der Waals surface area contributed by atoms with Crippen LogP contribution < -0.4 is 0 Å². The molecule has 0 aliphatic heterocycles. The Kier molecular flexibility index (Phi) is 4.41. The Labute approximate surface area is 236 Å². The lowest BCUT2D eigenvalue weighted by atomic mass is 9.67. The van der Waals surface area contributed by atoms with Crippen LogP contribution in [0.15, 0.2) is 132 Å². The molecule has 3 nitrogen and oxygen atoms in total. The molecule has 41 heavy (non-hydrogen) atoms. The van der Waals surface area contributed by atoms with Crippen molar-refractivity contribution in [1.82, 2.24) is 4.98 Å². The SMILES string of the molecule is N=Cc1ccc2[nH]c3c(C4(c5ccccc5)c5ccccc5-c5ccccc54)cc4c5ccccc5oc4c3c2c1. The topological polar surface area (TPSA) is 52.8 Å². The normalized spacial score (nSPS) is 13.7. The highest BCUT2D eigenvalue weighted by molar-refractivity contribution is 6.24. The Morgan fingerprint density at radius 2 is 1.29 bits per heavy atom. The number of hydrogen-bond donors (Lipinski definition) is 2. The maximum absolute atomic E-state index is 7.96. The van der Waals surface area contributed by atoms with E-state index in [0.29, 0.717) is 0 Å². The lowest BCUT2D eigenvalue weighted by Crippen LogP contribution is -2.29. The maximum atomic E-state index is 7.96. The Morgan fingerprint density at radius 1 is 0.610 bits per heavy atom. The van der Waals surface area contributed by atoms with E-state index in [2.05, 4.69) is 114 Å². The molecule has 0 saturated carbocycles. The monoisotopic (exact) mass is 524 g/mol. The fraction of sp³-hybridized carbons (Fsp3) is 0.0263. The van der Waals surface area contributed by atoms with Crippen molar-refractivity contribution in [2.75, 3.05) is 0 Å². The second-order valence-corrected chi connectivity index (χ2v) is 10.9. The van der Waals surface area contributed by atoms with Gasteiger partial charge < -0.3 is 14.8 Å². The van der Waals surface area contributed by atoms with Gasteiger partial charge in [0.25, 0.3) is 0 Å². The van der Waals surface area contributed by atoms with Crippen LogP contribution in [0.25, 0.3) is 54.9 Å². The van der Waals surface area contributed by atoms with E-state index < -0.39 is 5.41 Å². The van der Waals surface area contributed by atoms with E-state index in [-0.39, 0.29) is 0 Å². The molecule has 9 rings (SSSR count). The number of para-hydroxylation sites is 1. The summed E-state index contributed by atoms with van der Waals surface area (Å²) in [6.07, 6.45) is 1.41. The highest BCUT2D eigenvalue weighted by atomic mass is 16.3. The molecule has 0 amide bonds. The zero-order valence-corrected chi connectivity index (χ0v) is 22.1. The lowest BCUT2D eigenvalue weighted by Gasteiger charge is -2.34. The molecule has 0 bridgehead atoms. The molecule has 2 aromatic heterocycles. The van der Waals surface area contributed by atoms with E-state index in [9.17, 15) is 0 Å². The molecule has 8 aromatic rings. The average Bonchev–Trinajstić information content (AvgIpc) is 3.69. The summed E-state index contributed by atoms with van der Waals surface area (Å²) in [7, 11) is 0. The molecule has 192 valence electrons. The Hall–Kier alpha value is -5.41. The van der Waals surface area contributed by atoms with Crippen LogP contribution >= 0.6 is 0 Å². The predicted molar refractivity (Wildman–Crippen MR) is 168 cm³/mol. The molecule has 3 heteroatoms. The molecule has 0 unspecified atom stereocenters. The highest BCUT2D eigenvalue weighted by Crippen LogP contribution is 2.58. The summed E-state index contributed by atoms with van der Waals surface area (Å²) in [4.78, 5) is 3.83. The van der Waals surface area contributed by atoms with Gasteiger partial charge in [0, 0.05) is 27.9 Å². The minimum absolute atomic E-state index is 0.551. The second kappa shape index (κ2) is 8.06. The van der Waals surface area contributed by atoms with Gasteiger partial charge in [0.1, 0.15) is 11.2 Å². The minimum Gasteiger partial charge on any atom is -0.455 e. The van der Waals surface area contributed by atoms with Crippen molar-refractivity contribution in [1.29, 1.82) is 5.41 Å². The summed E-state index contributed by atoms with van der Waals surface area (Å²) < 4.78 is 6.62. The van der Waals surface area contributed by atoms with Crippen LogP contribution in [0.1, 0.15) is 27.8 Å². The minimum atomic E-state index is -0.551. The molecule has 0 spiro atoms. The summed E-state index contributed by atoms with van der Waals surface area (Å²) in [5.74, 6) is 0. The number of rotatable bonds is 3. The van der Waals surface area contributed by atoms with Crippen LogP contribution in [-0.4, -0.2) is 11.2 Å². The molecule has 2 N–H and O–H groups in total. The van der Waals surface area contributed by atoms with Crippen molar-refractivity contribution < 1.29 is 4.42 Å². The van der Waals surface area contributed by atoms with Crippen molar-refractivity contribution >= 4 is 50.0 Å². The fourth-order valence-corrected chi connectivity index (χ4v) is 7.32. The molecular formula is C38H24N2O. The van der Waals surface area contributed by atoms with Crippen molar-refractivity contribution in [2.45, 2.75) is 5.41 Å². The average molecular weight is 525 g/mol. The Bertz CT molecular complexity index is 2290. The fourth-order valence-electron chi connectivity index (χ4n) is 7.32. The molecule has 1 aliphatic rings. The van der Waals surface area contributed by atoms with Crippen LogP contribution in [0.2, 0.25) is 0 Å². The Morgan fingerprint density at radius 3 is 2.05 bits per heavy atom. The summed E-state index contributed by atoms with van der Waals surface area (Å²) >= 11 is 0. The van der Waals surface area contributed by atoms with E-state index in [1.165, 1.54) is 39.6 Å². The molecule has 6 aromatic carbocycles. The van der Waals surface area contributed by atoms with Gasteiger partial charge in [0.15, 0.2) is 0 Å². The third-order valence-corrected chi connectivity index (χ3v) is 8.97. The van der Waals surface area contributed by atoms with Crippen molar-refractivity contribution in [3.63, 3.8) is 0 Å². The van der Waals surface area contributed by atoms with Crippen LogP contribution in [0.3, 0.4) is 0 Å². The predicted octanol–water partition coefficient (Wildman–Crippen LogP) is 9.58. The number of benzene rings is 6. The van der Waals surface area contributed by atoms with E-state index in [1.807, 2.05) is 18.2 Å². The molecule has 1 aliphatic carbocycles. The van der Waals surface area contributed by atoms with Gasteiger partial charge >= 0.3 is 0 Å². The zero-order valence-electron chi connectivity index (χ0n) is 22.1. The van der Waals surface area contributed by atoms with Crippen molar-refractivity contribution in [3.8, 4) is 11.1 Å². The number of furan rings is 1. The number of aromatic nitrogens is 1. The van der Waals surface area contributed by atoms with Gasteiger partial charge in [-0.05, 0) is 63.2 Å². The van der Waals surface area contributed by atoms with E-state index in [1.54, 1.807) is 0 Å². The summed E-state index contributed by atoms with van der Waals surface area (Å²) in [5, 5.41) is 12.3. The first kappa shape index (κ1) is 22.4. The summed E-state index contributed by atoms with van der Waals surface area (Å²) in [6, 6.07) is 45.4. The van der Waals surface area contributed by atoms with Crippen molar-refractivity contribution in [3.05, 3.63) is 155 Å². The van der Waals surface area contributed by atoms with Crippen LogP contribution in [0, 0.1) is 5.41 Å². The van der Waals surface area contributed by atoms with Gasteiger partial charge in [-0.15, -0.1) is 0 Å². The zero-order chi connectivity index (χ0) is 27.1. The first-order chi connectivity index (χ1) is 20.3. The van der Waals surface area contributed by atoms with Gasteiger partial charge in [0.05, 0.1) is 16.3 Å². The standard InChI is InChI=1S/C38H24N2O/c39-22-23-18-19-33-29(20-23)35-36(40-33)32(21-28-27-14-6-9-17-34(27)41-37(28)35)38(24-10-2-1-3-11-24)30-15-7-4-12-25(30)26-13-5-8-16-31(26)38/h1-22,39-40H.